The molecule has 0 bridgehead atoms. The van der Waals surface area contributed by atoms with Crippen molar-refractivity contribution in [3.63, 3.8) is 0 Å². The summed E-state index contributed by atoms with van der Waals surface area (Å²) in [6, 6.07) is 0. The van der Waals surface area contributed by atoms with E-state index >= 15 is 0 Å². The van der Waals surface area contributed by atoms with Gasteiger partial charge in [0.05, 0.1) is 0 Å². The van der Waals surface area contributed by atoms with Crippen LogP contribution in [0.25, 0.3) is 0 Å². The number of rotatable bonds is 1. The monoisotopic (exact) mass is 284 g/mol. The lowest BCUT2D eigenvalue weighted by molar-refractivity contribution is -0.0481. The molecular formula is C21H32. The molecule has 116 valence electrons. The highest BCUT2D eigenvalue weighted by Gasteiger charge is 2.55. The van der Waals surface area contributed by atoms with E-state index in [1.807, 2.05) is 5.57 Å². The normalized spacial score (nSPS) is 48.8. The van der Waals surface area contributed by atoms with Gasteiger partial charge in [-0.05, 0) is 68.1 Å². The summed E-state index contributed by atoms with van der Waals surface area (Å²) >= 11 is 0. The van der Waals surface area contributed by atoms with Crippen molar-refractivity contribution in [3.8, 4) is 0 Å². The van der Waals surface area contributed by atoms with Crippen molar-refractivity contribution in [3.05, 3.63) is 23.3 Å². The highest BCUT2D eigenvalue weighted by atomic mass is 14.6. The van der Waals surface area contributed by atoms with E-state index in [9.17, 15) is 0 Å². The first-order chi connectivity index (χ1) is 10.1. The van der Waals surface area contributed by atoms with Gasteiger partial charge in [-0.3, -0.25) is 0 Å². The largest absolute Gasteiger partial charge is 0.0622 e. The lowest BCUT2D eigenvalue weighted by Crippen LogP contribution is -2.49. The van der Waals surface area contributed by atoms with Crippen LogP contribution in [0, 0.1) is 28.6 Å². The van der Waals surface area contributed by atoms with Gasteiger partial charge in [-0.15, -0.1) is 0 Å². The Morgan fingerprint density at radius 3 is 2.67 bits per heavy atom. The van der Waals surface area contributed by atoms with Gasteiger partial charge in [0.1, 0.15) is 0 Å². The van der Waals surface area contributed by atoms with E-state index in [1.165, 1.54) is 57.8 Å². The molecule has 0 heteroatoms. The van der Waals surface area contributed by atoms with Crippen molar-refractivity contribution in [2.75, 3.05) is 0 Å². The fraction of sp³-hybridized carbons (Fsp3) is 0.810. The summed E-state index contributed by atoms with van der Waals surface area (Å²) in [6.07, 6.45) is 18.2. The summed E-state index contributed by atoms with van der Waals surface area (Å²) in [5.41, 5.74) is 4.65. The van der Waals surface area contributed by atoms with Crippen molar-refractivity contribution < 1.29 is 0 Å². The van der Waals surface area contributed by atoms with Crippen LogP contribution in [-0.4, -0.2) is 0 Å². The van der Waals surface area contributed by atoms with E-state index in [1.54, 1.807) is 5.57 Å². The Morgan fingerprint density at radius 1 is 1.00 bits per heavy atom. The minimum Gasteiger partial charge on any atom is -0.0622 e. The third-order valence-electron chi connectivity index (χ3n) is 8.16. The topological polar surface area (TPSA) is 0 Å². The van der Waals surface area contributed by atoms with Crippen LogP contribution >= 0.6 is 0 Å². The van der Waals surface area contributed by atoms with Crippen molar-refractivity contribution in [2.24, 2.45) is 28.6 Å². The molecule has 4 aliphatic rings. The molecule has 1 unspecified atom stereocenters. The average molecular weight is 284 g/mol. The molecule has 0 nitrogen and oxygen atoms in total. The van der Waals surface area contributed by atoms with Gasteiger partial charge in [0.25, 0.3) is 0 Å². The quantitative estimate of drug-likeness (QED) is 0.531. The second kappa shape index (κ2) is 4.74. The van der Waals surface area contributed by atoms with Gasteiger partial charge in [-0.2, -0.15) is 0 Å². The van der Waals surface area contributed by atoms with Gasteiger partial charge < -0.3 is 0 Å². The highest BCUT2D eigenvalue weighted by Crippen LogP contribution is 2.65. The first kappa shape index (κ1) is 14.1. The molecule has 0 aromatic heterocycles. The van der Waals surface area contributed by atoms with Crippen LogP contribution in [0.5, 0.6) is 0 Å². The molecule has 21 heavy (non-hydrogen) atoms. The molecule has 3 fully saturated rings. The SMILES string of the molecule is CCC1=CC=C2[C@@H]3CCC4CCCC[C@]4(C)[C@H]3CC[C@]12C. The molecule has 0 heterocycles. The van der Waals surface area contributed by atoms with Crippen LogP contribution in [0.4, 0.5) is 0 Å². The zero-order valence-electron chi connectivity index (χ0n) is 14.3. The molecule has 0 aromatic carbocycles. The first-order valence-electron chi connectivity index (χ1n) is 9.51. The third kappa shape index (κ3) is 1.80. The minimum absolute atomic E-state index is 0.438. The molecule has 0 saturated heterocycles. The van der Waals surface area contributed by atoms with Gasteiger partial charge in [0.15, 0.2) is 0 Å². The molecule has 3 saturated carbocycles. The van der Waals surface area contributed by atoms with Gasteiger partial charge in [0.2, 0.25) is 0 Å². The number of hydrogen-bond donors (Lipinski definition) is 0. The lowest BCUT2D eigenvalue weighted by atomic mass is 9.46. The predicted octanol–water partition coefficient (Wildman–Crippen LogP) is 6.29. The molecule has 0 N–H and O–H groups in total. The van der Waals surface area contributed by atoms with Gasteiger partial charge >= 0.3 is 0 Å². The second-order valence-corrected chi connectivity index (χ2v) is 8.78. The zero-order chi connectivity index (χ0) is 14.7. The fourth-order valence-electron chi connectivity index (χ4n) is 6.87. The summed E-state index contributed by atoms with van der Waals surface area (Å²) in [7, 11) is 0. The molecule has 4 aliphatic carbocycles. The van der Waals surface area contributed by atoms with Crippen molar-refractivity contribution in [1.29, 1.82) is 0 Å². The average Bonchev–Trinajstić information content (AvgIpc) is 2.83. The van der Waals surface area contributed by atoms with Crippen LogP contribution in [0.3, 0.4) is 0 Å². The lowest BCUT2D eigenvalue weighted by Gasteiger charge is -2.58. The maximum atomic E-state index is 2.67. The molecule has 0 radical (unpaired) electrons. The summed E-state index contributed by atoms with van der Waals surface area (Å²) < 4.78 is 0. The van der Waals surface area contributed by atoms with Gasteiger partial charge in [-0.25, -0.2) is 0 Å². The van der Waals surface area contributed by atoms with E-state index in [2.05, 4.69) is 32.9 Å². The van der Waals surface area contributed by atoms with E-state index in [4.69, 9.17) is 0 Å². The van der Waals surface area contributed by atoms with Crippen LogP contribution in [-0.2, 0) is 0 Å². The summed E-state index contributed by atoms with van der Waals surface area (Å²) in [4.78, 5) is 0. The Morgan fingerprint density at radius 2 is 1.86 bits per heavy atom. The first-order valence-corrected chi connectivity index (χ1v) is 9.51. The van der Waals surface area contributed by atoms with Crippen molar-refractivity contribution in [1.82, 2.24) is 0 Å². The van der Waals surface area contributed by atoms with Crippen molar-refractivity contribution in [2.45, 2.75) is 78.6 Å². The molecule has 5 atom stereocenters. The standard InChI is InChI=1S/C21H32/c1-4-15-9-11-18-17-10-8-16-7-5-6-13-20(16,2)19(17)12-14-21(15,18)3/h9,11,16-17,19H,4-8,10,12-14H2,1-3H3/t16?,17-,19-,20-,21+/m0/s1. The number of allylic oxidation sites excluding steroid dienone is 4. The molecule has 0 aromatic rings. The van der Waals surface area contributed by atoms with Gasteiger partial charge in [0, 0.05) is 5.41 Å². The highest BCUT2D eigenvalue weighted by molar-refractivity contribution is 5.43. The molecule has 0 aliphatic heterocycles. The Bertz CT molecular complexity index is 496. The molecule has 0 spiro atoms. The Balaban J connectivity index is 1.66. The molecule has 4 rings (SSSR count). The zero-order valence-corrected chi connectivity index (χ0v) is 14.3. The predicted molar refractivity (Wildman–Crippen MR) is 90.1 cm³/mol. The van der Waals surface area contributed by atoms with E-state index < -0.39 is 0 Å². The van der Waals surface area contributed by atoms with E-state index in [0.717, 1.165) is 17.8 Å². The molecule has 0 amide bonds. The number of fused-ring (bicyclic) bond motifs is 5. The fourth-order valence-corrected chi connectivity index (χ4v) is 6.87. The van der Waals surface area contributed by atoms with Crippen molar-refractivity contribution >= 4 is 0 Å². The van der Waals surface area contributed by atoms with E-state index in [0.29, 0.717) is 10.8 Å². The summed E-state index contributed by atoms with van der Waals surface area (Å²) in [5, 5.41) is 0. The Labute approximate surface area is 131 Å². The maximum absolute atomic E-state index is 2.67. The smallest absolute Gasteiger partial charge is 0.0101 e. The van der Waals surface area contributed by atoms with E-state index in [-0.39, 0.29) is 0 Å². The Hall–Kier alpha value is -0.520. The maximum Gasteiger partial charge on any atom is 0.0101 e. The minimum atomic E-state index is 0.438. The van der Waals surface area contributed by atoms with Crippen LogP contribution < -0.4 is 0 Å². The van der Waals surface area contributed by atoms with Crippen LogP contribution in [0.15, 0.2) is 23.3 Å². The Kier molecular flexibility index (Phi) is 3.18. The third-order valence-corrected chi connectivity index (χ3v) is 8.16. The van der Waals surface area contributed by atoms with Gasteiger partial charge in [-0.1, -0.05) is 56.9 Å². The summed E-state index contributed by atoms with van der Waals surface area (Å²) in [6.45, 7) is 7.56. The summed E-state index contributed by atoms with van der Waals surface area (Å²) in [5.74, 6) is 2.93. The second-order valence-electron chi connectivity index (χ2n) is 8.78. The van der Waals surface area contributed by atoms with Crippen LogP contribution in [0.1, 0.15) is 78.6 Å². The number of hydrogen-bond acceptors (Lipinski definition) is 0. The van der Waals surface area contributed by atoms with Crippen LogP contribution in [0.2, 0.25) is 0 Å². The molecular weight excluding hydrogens is 252 g/mol.